The van der Waals surface area contributed by atoms with E-state index in [-0.39, 0.29) is 24.3 Å². The summed E-state index contributed by atoms with van der Waals surface area (Å²) in [6, 6.07) is 11.9. The Hall–Kier alpha value is -2.63. The largest absolute Gasteiger partial charge is 0.347 e. The average molecular weight is 328 g/mol. The lowest BCUT2D eigenvalue weighted by atomic mass is 10.1. The summed E-state index contributed by atoms with van der Waals surface area (Å²) >= 11 is 0. The molecule has 2 rings (SSSR count). The van der Waals surface area contributed by atoms with Gasteiger partial charge in [-0.05, 0) is 18.4 Å². The monoisotopic (exact) mass is 328 g/mol. The van der Waals surface area contributed by atoms with Crippen LogP contribution < -0.4 is 10.6 Å². The molecule has 1 atom stereocenters. The van der Waals surface area contributed by atoms with Gasteiger partial charge in [0.05, 0.1) is 12.7 Å². The number of carbonyl (C=O) groups is 2. The first-order chi connectivity index (χ1) is 11.6. The molecule has 0 radical (unpaired) electrons. The molecule has 0 spiro atoms. The maximum absolute atomic E-state index is 12.0. The molecule has 24 heavy (non-hydrogen) atoms. The first-order valence-electron chi connectivity index (χ1n) is 8.23. The van der Waals surface area contributed by atoms with E-state index in [4.69, 9.17) is 0 Å². The van der Waals surface area contributed by atoms with Gasteiger partial charge in [-0.3, -0.25) is 9.59 Å². The third-order valence-electron chi connectivity index (χ3n) is 3.92. The fourth-order valence-corrected chi connectivity index (χ4v) is 2.21. The summed E-state index contributed by atoms with van der Waals surface area (Å²) in [6.45, 7) is 4.42. The van der Waals surface area contributed by atoms with Crippen LogP contribution >= 0.6 is 0 Å². The number of nitrogens with one attached hydrogen (secondary N) is 2. The number of benzene rings is 1. The van der Waals surface area contributed by atoms with E-state index in [2.05, 4.69) is 27.9 Å². The van der Waals surface area contributed by atoms with Crippen LogP contribution in [0.25, 0.3) is 0 Å². The SMILES string of the molecule is CC[C@@H](C)C(=O)NCC(=O)Nc1ccnn1CCc1ccccc1. The van der Waals surface area contributed by atoms with Crippen LogP contribution in [0.4, 0.5) is 5.82 Å². The molecule has 0 fully saturated rings. The zero-order chi connectivity index (χ0) is 17.4. The predicted molar refractivity (Wildman–Crippen MR) is 93.5 cm³/mol. The van der Waals surface area contributed by atoms with Gasteiger partial charge < -0.3 is 10.6 Å². The maximum atomic E-state index is 12.0. The Bertz CT molecular complexity index is 667. The van der Waals surface area contributed by atoms with Gasteiger partial charge in [-0.25, -0.2) is 4.68 Å². The maximum Gasteiger partial charge on any atom is 0.244 e. The van der Waals surface area contributed by atoms with E-state index in [0.29, 0.717) is 12.4 Å². The van der Waals surface area contributed by atoms with Crippen molar-refractivity contribution in [3.8, 4) is 0 Å². The minimum atomic E-state index is -0.256. The van der Waals surface area contributed by atoms with Crippen molar-refractivity contribution in [3.05, 3.63) is 48.2 Å². The molecule has 1 aromatic heterocycles. The minimum absolute atomic E-state index is 0.0347. The highest BCUT2D eigenvalue weighted by molar-refractivity contribution is 5.94. The van der Waals surface area contributed by atoms with E-state index in [1.54, 1.807) is 16.9 Å². The van der Waals surface area contributed by atoms with E-state index >= 15 is 0 Å². The Morgan fingerprint density at radius 2 is 1.96 bits per heavy atom. The van der Waals surface area contributed by atoms with Crippen LogP contribution in [0.2, 0.25) is 0 Å². The van der Waals surface area contributed by atoms with E-state index in [0.717, 1.165) is 12.8 Å². The topological polar surface area (TPSA) is 76.0 Å². The molecule has 2 aromatic rings. The molecule has 0 aliphatic rings. The normalized spacial score (nSPS) is 11.8. The smallest absolute Gasteiger partial charge is 0.244 e. The van der Waals surface area contributed by atoms with Gasteiger partial charge in [0.15, 0.2) is 0 Å². The molecule has 0 unspecified atom stereocenters. The Morgan fingerprint density at radius 3 is 2.67 bits per heavy atom. The lowest BCUT2D eigenvalue weighted by Gasteiger charge is -2.11. The molecular weight excluding hydrogens is 304 g/mol. The Labute approximate surface area is 142 Å². The van der Waals surface area contributed by atoms with Crippen LogP contribution in [0.1, 0.15) is 25.8 Å². The van der Waals surface area contributed by atoms with Crippen molar-refractivity contribution in [3.63, 3.8) is 0 Å². The standard InChI is InChI=1S/C18H24N4O2/c1-3-14(2)18(24)19-13-17(23)21-16-9-11-20-22(16)12-10-15-7-5-4-6-8-15/h4-9,11,14H,3,10,12-13H2,1-2H3,(H,19,24)(H,21,23)/t14-/m1/s1. The van der Waals surface area contributed by atoms with Gasteiger partial charge in [0.1, 0.15) is 5.82 Å². The second-order valence-electron chi connectivity index (χ2n) is 5.75. The first kappa shape index (κ1) is 17.7. The Kier molecular flexibility index (Phi) is 6.54. The second kappa shape index (κ2) is 8.86. The van der Waals surface area contributed by atoms with Gasteiger partial charge in [0.2, 0.25) is 11.8 Å². The summed E-state index contributed by atoms with van der Waals surface area (Å²) in [5.74, 6) is 0.182. The minimum Gasteiger partial charge on any atom is -0.347 e. The highest BCUT2D eigenvalue weighted by atomic mass is 16.2. The fraction of sp³-hybridized carbons (Fsp3) is 0.389. The molecule has 2 N–H and O–H groups in total. The molecule has 1 heterocycles. The van der Waals surface area contributed by atoms with E-state index < -0.39 is 0 Å². The van der Waals surface area contributed by atoms with E-state index in [9.17, 15) is 9.59 Å². The molecule has 0 aliphatic carbocycles. The third kappa shape index (κ3) is 5.22. The van der Waals surface area contributed by atoms with Crippen molar-refractivity contribution < 1.29 is 9.59 Å². The summed E-state index contributed by atoms with van der Waals surface area (Å²) < 4.78 is 1.75. The molecule has 0 saturated heterocycles. The lowest BCUT2D eigenvalue weighted by molar-refractivity contribution is -0.126. The summed E-state index contributed by atoms with van der Waals surface area (Å²) in [5, 5.41) is 9.66. The first-order valence-corrected chi connectivity index (χ1v) is 8.23. The van der Waals surface area contributed by atoms with Crippen LogP contribution in [0, 0.1) is 5.92 Å². The van der Waals surface area contributed by atoms with E-state index in [1.165, 1.54) is 5.56 Å². The number of nitrogens with zero attached hydrogens (tertiary/aromatic N) is 2. The molecule has 1 aromatic carbocycles. The quantitative estimate of drug-likeness (QED) is 0.780. The van der Waals surface area contributed by atoms with Crippen LogP contribution in [-0.4, -0.2) is 28.1 Å². The van der Waals surface area contributed by atoms with Crippen molar-refractivity contribution in [1.29, 1.82) is 0 Å². The zero-order valence-corrected chi connectivity index (χ0v) is 14.2. The van der Waals surface area contributed by atoms with Gasteiger partial charge in [-0.15, -0.1) is 0 Å². The molecule has 6 nitrogen and oxygen atoms in total. The Morgan fingerprint density at radius 1 is 1.21 bits per heavy atom. The molecule has 6 heteroatoms. The average Bonchev–Trinajstić information content (AvgIpc) is 3.05. The Balaban J connectivity index is 1.84. The fourth-order valence-electron chi connectivity index (χ4n) is 2.21. The predicted octanol–water partition coefficient (Wildman–Crippen LogP) is 2.23. The number of carbonyl (C=O) groups excluding carboxylic acids is 2. The van der Waals surface area contributed by atoms with Gasteiger partial charge in [0.25, 0.3) is 0 Å². The zero-order valence-electron chi connectivity index (χ0n) is 14.2. The number of hydrogen-bond acceptors (Lipinski definition) is 3. The van der Waals surface area contributed by atoms with Gasteiger partial charge in [-0.2, -0.15) is 5.10 Å². The van der Waals surface area contributed by atoms with Crippen molar-refractivity contribution in [1.82, 2.24) is 15.1 Å². The summed E-state index contributed by atoms with van der Waals surface area (Å²) in [7, 11) is 0. The van der Waals surface area contributed by atoms with Crippen molar-refractivity contribution in [2.75, 3.05) is 11.9 Å². The molecule has 0 saturated carbocycles. The van der Waals surface area contributed by atoms with Gasteiger partial charge >= 0.3 is 0 Å². The van der Waals surface area contributed by atoms with Crippen molar-refractivity contribution >= 4 is 17.6 Å². The highest BCUT2D eigenvalue weighted by Gasteiger charge is 2.12. The molecule has 128 valence electrons. The summed E-state index contributed by atoms with van der Waals surface area (Å²) in [6.07, 6.45) is 3.23. The van der Waals surface area contributed by atoms with Crippen LogP contribution in [0.15, 0.2) is 42.6 Å². The summed E-state index contributed by atoms with van der Waals surface area (Å²) in [4.78, 5) is 23.7. The molecule has 0 bridgehead atoms. The highest BCUT2D eigenvalue weighted by Crippen LogP contribution is 2.08. The van der Waals surface area contributed by atoms with Crippen LogP contribution in [-0.2, 0) is 22.6 Å². The van der Waals surface area contributed by atoms with Crippen molar-refractivity contribution in [2.24, 2.45) is 5.92 Å². The summed E-state index contributed by atoms with van der Waals surface area (Å²) in [5.41, 5.74) is 1.21. The number of rotatable bonds is 8. The van der Waals surface area contributed by atoms with Gasteiger partial charge in [-0.1, -0.05) is 44.2 Å². The number of hydrogen-bond donors (Lipinski definition) is 2. The number of aryl methyl sites for hydroxylation is 2. The van der Waals surface area contributed by atoms with E-state index in [1.807, 2.05) is 32.0 Å². The third-order valence-corrected chi connectivity index (χ3v) is 3.92. The molecule has 2 amide bonds. The second-order valence-corrected chi connectivity index (χ2v) is 5.75. The van der Waals surface area contributed by atoms with Crippen LogP contribution in [0.5, 0.6) is 0 Å². The lowest BCUT2D eigenvalue weighted by Crippen LogP contribution is -2.36. The van der Waals surface area contributed by atoms with Gasteiger partial charge in [0, 0.05) is 18.5 Å². The number of aromatic nitrogens is 2. The molecule has 0 aliphatic heterocycles. The number of anilines is 1. The number of amides is 2. The van der Waals surface area contributed by atoms with Crippen LogP contribution in [0.3, 0.4) is 0 Å². The molecular formula is C18H24N4O2. The van der Waals surface area contributed by atoms with Crippen molar-refractivity contribution in [2.45, 2.75) is 33.2 Å².